The van der Waals surface area contributed by atoms with Crippen LogP contribution in [0.2, 0.25) is 10.0 Å². The molecule has 0 aliphatic rings. The second kappa shape index (κ2) is 5.51. The summed E-state index contributed by atoms with van der Waals surface area (Å²) in [5, 5.41) is 1.07. The summed E-state index contributed by atoms with van der Waals surface area (Å²) in [7, 11) is 3.22. The van der Waals surface area contributed by atoms with E-state index in [1.54, 1.807) is 20.3 Å². The smallest absolute Gasteiger partial charge is 0.161 e. The fraction of sp³-hybridized carbons (Fsp3) is 0.143. The van der Waals surface area contributed by atoms with Gasteiger partial charge in [-0.1, -0.05) is 35.3 Å². The molecule has 18 heavy (non-hydrogen) atoms. The third-order valence-corrected chi connectivity index (χ3v) is 3.38. The van der Waals surface area contributed by atoms with Gasteiger partial charge in [-0.25, -0.2) is 0 Å². The van der Waals surface area contributed by atoms with Crippen LogP contribution in [0.25, 0.3) is 11.1 Å². The first-order chi connectivity index (χ1) is 8.65. The Hall–Kier alpha value is -1.38. The lowest BCUT2D eigenvalue weighted by atomic mass is 10.1. The maximum atomic E-state index is 6.01. The quantitative estimate of drug-likeness (QED) is 0.814. The summed E-state index contributed by atoms with van der Waals surface area (Å²) in [5.41, 5.74) is 1.97. The van der Waals surface area contributed by atoms with Gasteiger partial charge >= 0.3 is 0 Å². The highest BCUT2D eigenvalue weighted by Crippen LogP contribution is 2.34. The fourth-order valence-electron chi connectivity index (χ4n) is 1.69. The van der Waals surface area contributed by atoms with Crippen molar-refractivity contribution < 1.29 is 9.47 Å². The Morgan fingerprint density at radius 3 is 1.94 bits per heavy atom. The molecule has 0 aromatic heterocycles. The van der Waals surface area contributed by atoms with Crippen LogP contribution in [0.5, 0.6) is 11.5 Å². The Kier molecular flexibility index (Phi) is 4.00. The largest absolute Gasteiger partial charge is 0.493 e. The number of methoxy groups -OCH3 is 2. The summed E-state index contributed by atoms with van der Waals surface area (Å²) in [6.45, 7) is 0. The van der Waals surface area contributed by atoms with Crippen LogP contribution in [0.4, 0.5) is 0 Å². The maximum Gasteiger partial charge on any atom is 0.161 e. The van der Waals surface area contributed by atoms with E-state index in [9.17, 15) is 0 Å². The van der Waals surface area contributed by atoms with Gasteiger partial charge < -0.3 is 9.47 Å². The van der Waals surface area contributed by atoms with Crippen molar-refractivity contribution in [1.82, 2.24) is 0 Å². The average Bonchev–Trinajstić information content (AvgIpc) is 2.41. The molecule has 2 aromatic rings. The Labute approximate surface area is 116 Å². The van der Waals surface area contributed by atoms with Gasteiger partial charge in [-0.15, -0.1) is 0 Å². The Bertz CT molecular complexity index is 568. The zero-order valence-electron chi connectivity index (χ0n) is 10.0. The van der Waals surface area contributed by atoms with Gasteiger partial charge in [0.1, 0.15) is 0 Å². The van der Waals surface area contributed by atoms with Crippen molar-refractivity contribution in [3.8, 4) is 22.6 Å². The molecule has 2 nitrogen and oxygen atoms in total. The first kappa shape index (κ1) is 13.1. The highest BCUT2D eigenvalue weighted by atomic mass is 35.5. The molecular formula is C14H12Cl2O2. The molecule has 0 saturated heterocycles. The van der Waals surface area contributed by atoms with Crippen LogP contribution in [0.3, 0.4) is 0 Å². The number of halogens is 2. The predicted molar refractivity (Wildman–Crippen MR) is 75.0 cm³/mol. The number of rotatable bonds is 3. The van der Waals surface area contributed by atoms with Gasteiger partial charge in [0.15, 0.2) is 11.5 Å². The van der Waals surface area contributed by atoms with Crippen molar-refractivity contribution in [3.63, 3.8) is 0 Å². The van der Waals surface area contributed by atoms with E-state index in [2.05, 4.69) is 0 Å². The summed E-state index contributed by atoms with van der Waals surface area (Å²) in [6.07, 6.45) is 0. The Morgan fingerprint density at radius 2 is 1.33 bits per heavy atom. The van der Waals surface area contributed by atoms with Crippen LogP contribution in [0, 0.1) is 0 Å². The SMILES string of the molecule is COc1ccc(-c2ccc(Cl)c(Cl)c2)cc1OC. The molecule has 0 amide bonds. The normalized spacial score (nSPS) is 10.2. The van der Waals surface area contributed by atoms with Gasteiger partial charge in [0.05, 0.1) is 24.3 Å². The number of ether oxygens (including phenoxy) is 2. The molecule has 0 spiro atoms. The van der Waals surface area contributed by atoms with Crippen LogP contribution in [-0.4, -0.2) is 14.2 Å². The van der Waals surface area contributed by atoms with Gasteiger partial charge in [0.25, 0.3) is 0 Å². The van der Waals surface area contributed by atoms with E-state index in [1.807, 2.05) is 30.3 Å². The molecular weight excluding hydrogens is 271 g/mol. The Balaban J connectivity index is 2.47. The third-order valence-electron chi connectivity index (χ3n) is 2.64. The molecule has 0 heterocycles. The number of benzene rings is 2. The monoisotopic (exact) mass is 282 g/mol. The van der Waals surface area contributed by atoms with Crippen LogP contribution in [-0.2, 0) is 0 Å². The average molecular weight is 283 g/mol. The van der Waals surface area contributed by atoms with E-state index >= 15 is 0 Å². The second-order valence-corrected chi connectivity index (χ2v) is 4.51. The summed E-state index contributed by atoms with van der Waals surface area (Å²) in [4.78, 5) is 0. The zero-order valence-corrected chi connectivity index (χ0v) is 11.5. The van der Waals surface area contributed by atoms with Crippen LogP contribution < -0.4 is 9.47 Å². The fourth-order valence-corrected chi connectivity index (χ4v) is 1.99. The lowest BCUT2D eigenvalue weighted by molar-refractivity contribution is 0.355. The maximum absolute atomic E-state index is 6.01. The number of hydrogen-bond acceptors (Lipinski definition) is 2. The molecule has 0 aliphatic heterocycles. The molecule has 0 fully saturated rings. The molecule has 2 rings (SSSR count). The van der Waals surface area contributed by atoms with E-state index in [-0.39, 0.29) is 0 Å². The van der Waals surface area contributed by atoms with Gasteiger partial charge in [-0.2, -0.15) is 0 Å². The van der Waals surface area contributed by atoms with Crippen molar-refractivity contribution in [2.75, 3.05) is 14.2 Å². The first-order valence-corrected chi connectivity index (χ1v) is 6.08. The van der Waals surface area contributed by atoms with Gasteiger partial charge in [-0.05, 0) is 35.4 Å². The highest BCUT2D eigenvalue weighted by Gasteiger charge is 2.07. The van der Waals surface area contributed by atoms with Crippen molar-refractivity contribution in [3.05, 3.63) is 46.4 Å². The lowest BCUT2D eigenvalue weighted by Crippen LogP contribution is -1.90. The molecule has 0 atom stereocenters. The predicted octanol–water partition coefficient (Wildman–Crippen LogP) is 4.68. The standard InChI is InChI=1S/C14H12Cl2O2/c1-17-13-6-4-10(8-14(13)18-2)9-3-5-11(15)12(16)7-9/h3-8H,1-2H3. The lowest BCUT2D eigenvalue weighted by Gasteiger charge is -2.10. The van der Waals surface area contributed by atoms with E-state index in [1.165, 1.54) is 0 Å². The van der Waals surface area contributed by atoms with E-state index < -0.39 is 0 Å². The molecule has 4 heteroatoms. The minimum atomic E-state index is 0.531. The first-order valence-electron chi connectivity index (χ1n) is 5.33. The summed E-state index contributed by atoms with van der Waals surface area (Å²) < 4.78 is 10.5. The molecule has 0 saturated carbocycles. The zero-order chi connectivity index (χ0) is 13.1. The van der Waals surface area contributed by atoms with E-state index in [0.29, 0.717) is 21.5 Å². The van der Waals surface area contributed by atoms with Crippen molar-refractivity contribution in [2.45, 2.75) is 0 Å². The third kappa shape index (κ3) is 2.55. The van der Waals surface area contributed by atoms with Crippen molar-refractivity contribution in [2.24, 2.45) is 0 Å². The summed E-state index contributed by atoms with van der Waals surface area (Å²) >= 11 is 11.9. The molecule has 2 aromatic carbocycles. The van der Waals surface area contributed by atoms with Gasteiger partial charge in [0, 0.05) is 0 Å². The molecule has 0 unspecified atom stereocenters. The molecule has 94 valence electrons. The van der Waals surface area contributed by atoms with E-state index in [4.69, 9.17) is 32.7 Å². The molecule has 0 aliphatic carbocycles. The minimum absolute atomic E-state index is 0.531. The van der Waals surface area contributed by atoms with Crippen LogP contribution in [0.15, 0.2) is 36.4 Å². The van der Waals surface area contributed by atoms with Crippen molar-refractivity contribution in [1.29, 1.82) is 0 Å². The van der Waals surface area contributed by atoms with Crippen LogP contribution in [0.1, 0.15) is 0 Å². The summed E-state index contributed by atoms with van der Waals surface area (Å²) in [5.74, 6) is 1.38. The van der Waals surface area contributed by atoms with Crippen LogP contribution >= 0.6 is 23.2 Å². The second-order valence-electron chi connectivity index (χ2n) is 3.70. The molecule has 0 N–H and O–H groups in total. The highest BCUT2D eigenvalue weighted by molar-refractivity contribution is 6.42. The minimum Gasteiger partial charge on any atom is -0.493 e. The molecule has 0 radical (unpaired) electrons. The number of hydrogen-bond donors (Lipinski definition) is 0. The van der Waals surface area contributed by atoms with Gasteiger partial charge in [-0.3, -0.25) is 0 Å². The summed E-state index contributed by atoms with van der Waals surface area (Å²) in [6, 6.07) is 11.2. The van der Waals surface area contributed by atoms with E-state index in [0.717, 1.165) is 11.1 Å². The van der Waals surface area contributed by atoms with Crippen molar-refractivity contribution >= 4 is 23.2 Å². The topological polar surface area (TPSA) is 18.5 Å². The van der Waals surface area contributed by atoms with Gasteiger partial charge in [0.2, 0.25) is 0 Å². The Morgan fingerprint density at radius 1 is 0.722 bits per heavy atom. The molecule has 0 bridgehead atoms.